The molecule has 0 aromatic rings. The lowest BCUT2D eigenvalue weighted by atomic mass is 10.2. The second kappa shape index (κ2) is 7.99. The van der Waals surface area contributed by atoms with Gasteiger partial charge in [0.1, 0.15) is 5.60 Å². The summed E-state index contributed by atoms with van der Waals surface area (Å²) in [6, 6.07) is 0. The highest BCUT2D eigenvalue weighted by Crippen LogP contribution is 2.09. The van der Waals surface area contributed by atoms with E-state index in [2.05, 4.69) is 0 Å². The first-order valence-corrected chi connectivity index (χ1v) is 6.46. The van der Waals surface area contributed by atoms with Gasteiger partial charge in [0.15, 0.2) is 0 Å². The van der Waals surface area contributed by atoms with Crippen LogP contribution in [-0.4, -0.2) is 66.3 Å². The summed E-state index contributed by atoms with van der Waals surface area (Å²) in [5.74, 6) is -0.794. The molecule has 0 saturated heterocycles. The zero-order chi connectivity index (χ0) is 15.1. The van der Waals surface area contributed by atoms with E-state index in [0.717, 1.165) is 13.0 Å². The predicted molar refractivity (Wildman–Crippen MR) is 73.2 cm³/mol. The molecule has 0 aliphatic heterocycles. The molecule has 0 aliphatic carbocycles. The summed E-state index contributed by atoms with van der Waals surface area (Å²) < 4.78 is 5.23. The third-order valence-electron chi connectivity index (χ3n) is 2.45. The zero-order valence-electron chi connectivity index (χ0n) is 12.6. The largest absolute Gasteiger partial charge is 0.481 e. The van der Waals surface area contributed by atoms with Crippen LogP contribution < -0.4 is 0 Å². The highest BCUT2D eigenvalue weighted by Gasteiger charge is 2.19. The summed E-state index contributed by atoms with van der Waals surface area (Å²) in [7, 11) is 3.57. The Balaban J connectivity index is 3.81. The normalized spacial score (nSPS) is 11.5. The van der Waals surface area contributed by atoms with Crippen LogP contribution in [0.3, 0.4) is 0 Å². The second-order valence-corrected chi connectivity index (χ2v) is 5.70. The van der Waals surface area contributed by atoms with E-state index in [1.807, 2.05) is 32.7 Å². The summed E-state index contributed by atoms with van der Waals surface area (Å²) in [6.07, 6.45) is 0.588. The summed E-state index contributed by atoms with van der Waals surface area (Å²) in [5, 5.41) is 8.56. The van der Waals surface area contributed by atoms with Crippen LogP contribution in [0.25, 0.3) is 0 Å². The standard InChI is InChI=1S/C13H26N2O4/c1-13(2,3)19-12(18)15(5)9-6-8-14(4)10-7-11(16)17/h6-10H2,1-5H3,(H,16,17). The minimum Gasteiger partial charge on any atom is -0.481 e. The van der Waals surface area contributed by atoms with Crippen LogP contribution in [0.2, 0.25) is 0 Å². The molecule has 0 saturated carbocycles. The van der Waals surface area contributed by atoms with Gasteiger partial charge in [0.25, 0.3) is 0 Å². The summed E-state index contributed by atoms with van der Waals surface area (Å²) in [4.78, 5) is 25.6. The molecule has 0 unspecified atom stereocenters. The molecule has 0 aromatic heterocycles. The first-order chi connectivity index (χ1) is 8.61. The molecule has 0 aliphatic rings. The Bertz CT molecular complexity index is 300. The molecule has 0 atom stereocenters. The topological polar surface area (TPSA) is 70.1 Å². The number of ether oxygens (including phenoxy) is 1. The van der Waals surface area contributed by atoms with Gasteiger partial charge in [-0.25, -0.2) is 4.79 Å². The average Bonchev–Trinajstić information content (AvgIpc) is 2.23. The first-order valence-electron chi connectivity index (χ1n) is 6.46. The van der Waals surface area contributed by atoms with Crippen molar-refractivity contribution in [2.24, 2.45) is 0 Å². The van der Waals surface area contributed by atoms with Gasteiger partial charge in [-0.1, -0.05) is 0 Å². The molecule has 0 radical (unpaired) electrons. The SMILES string of the molecule is CN(CCCN(C)C(=O)OC(C)(C)C)CCC(=O)O. The van der Waals surface area contributed by atoms with Gasteiger partial charge in [-0.05, 0) is 40.8 Å². The van der Waals surface area contributed by atoms with Crippen LogP contribution in [0, 0.1) is 0 Å². The zero-order valence-corrected chi connectivity index (χ0v) is 12.6. The van der Waals surface area contributed by atoms with Crippen molar-refractivity contribution in [2.75, 3.05) is 33.7 Å². The third-order valence-corrected chi connectivity index (χ3v) is 2.45. The van der Waals surface area contributed by atoms with Crippen molar-refractivity contribution in [3.8, 4) is 0 Å². The molecule has 6 nitrogen and oxygen atoms in total. The van der Waals surface area contributed by atoms with E-state index >= 15 is 0 Å². The van der Waals surface area contributed by atoms with Gasteiger partial charge in [0, 0.05) is 20.1 Å². The molecule has 0 rings (SSSR count). The number of carboxylic acids is 1. The van der Waals surface area contributed by atoms with E-state index in [4.69, 9.17) is 9.84 Å². The van der Waals surface area contributed by atoms with Gasteiger partial charge < -0.3 is 19.6 Å². The molecule has 0 aromatic carbocycles. The Morgan fingerprint density at radius 2 is 1.68 bits per heavy atom. The number of nitrogens with zero attached hydrogens (tertiary/aromatic N) is 2. The van der Waals surface area contributed by atoms with E-state index in [0.29, 0.717) is 13.1 Å². The Labute approximate surface area is 115 Å². The van der Waals surface area contributed by atoms with Gasteiger partial charge in [0.05, 0.1) is 6.42 Å². The smallest absolute Gasteiger partial charge is 0.410 e. The van der Waals surface area contributed by atoms with Crippen LogP contribution in [0.15, 0.2) is 0 Å². The minimum absolute atomic E-state index is 0.137. The monoisotopic (exact) mass is 274 g/mol. The highest BCUT2D eigenvalue weighted by atomic mass is 16.6. The third kappa shape index (κ3) is 10.3. The summed E-state index contributed by atoms with van der Waals surface area (Å²) >= 11 is 0. The van der Waals surface area contributed by atoms with Gasteiger partial charge in [0.2, 0.25) is 0 Å². The highest BCUT2D eigenvalue weighted by molar-refractivity contribution is 5.67. The number of aliphatic carboxylic acids is 1. The molecule has 19 heavy (non-hydrogen) atoms. The molecule has 0 fully saturated rings. The number of amides is 1. The molecule has 1 N–H and O–H groups in total. The summed E-state index contributed by atoms with van der Waals surface area (Å²) in [5.41, 5.74) is -0.483. The molecule has 0 heterocycles. The lowest BCUT2D eigenvalue weighted by Crippen LogP contribution is -2.35. The van der Waals surface area contributed by atoms with Crippen LogP contribution in [0.5, 0.6) is 0 Å². The van der Waals surface area contributed by atoms with Crippen molar-refractivity contribution in [2.45, 2.75) is 39.2 Å². The molecule has 0 spiro atoms. The molecule has 1 amide bonds. The van der Waals surface area contributed by atoms with Crippen molar-refractivity contribution in [1.82, 2.24) is 9.80 Å². The lowest BCUT2D eigenvalue weighted by Gasteiger charge is -2.25. The quantitative estimate of drug-likeness (QED) is 0.764. The second-order valence-electron chi connectivity index (χ2n) is 5.70. The number of hydrogen-bond donors (Lipinski definition) is 1. The first kappa shape index (κ1) is 17.7. The van der Waals surface area contributed by atoms with Gasteiger partial charge in [-0.2, -0.15) is 0 Å². The Kier molecular flexibility index (Phi) is 7.44. The minimum atomic E-state index is -0.794. The van der Waals surface area contributed by atoms with Gasteiger partial charge >= 0.3 is 12.1 Å². The molecule has 0 bridgehead atoms. The van der Waals surface area contributed by atoms with Crippen LogP contribution in [0.1, 0.15) is 33.6 Å². The number of carbonyl (C=O) groups excluding carboxylic acids is 1. The maximum atomic E-state index is 11.7. The molecular weight excluding hydrogens is 248 g/mol. The van der Waals surface area contributed by atoms with E-state index in [1.54, 1.807) is 7.05 Å². The van der Waals surface area contributed by atoms with Crippen molar-refractivity contribution < 1.29 is 19.4 Å². The number of carboxylic acid groups (broad SMARTS) is 1. The number of carbonyl (C=O) groups is 2. The molecule has 6 heteroatoms. The van der Waals surface area contributed by atoms with Crippen LogP contribution in [-0.2, 0) is 9.53 Å². The van der Waals surface area contributed by atoms with Crippen molar-refractivity contribution in [3.63, 3.8) is 0 Å². The number of rotatable bonds is 7. The van der Waals surface area contributed by atoms with Crippen molar-refractivity contribution in [3.05, 3.63) is 0 Å². The van der Waals surface area contributed by atoms with E-state index in [-0.39, 0.29) is 12.5 Å². The lowest BCUT2D eigenvalue weighted by molar-refractivity contribution is -0.137. The maximum absolute atomic E-state index is 11.7. The van der Waals surface area contributed by atoms with E-state index in [9.17, 15) is 9.59 Å². The fourth-order valence-electron chi connectivity index (χ4n) is 1.41. The van der Waals surface area contributed by atoms with E-state index in [1.165, 1.54) is 4.90 Å². The Morgan fingerprint density at radius 1 is 1.11 bits per heavy atom. The fourth-order valence-corrected chi connectivity index (χ4v) is 1.41. The van der Waals surface area contributed by atoms with Gasteiger partial charge in [-0.3, -0.25) is 4.79 Å². The Morgan fingerprint density at radius 3 is 2.16 bits per heavy atom. The molecular formula is C13H26N2O4. The fraction of sp³-hybridized carbons (Fsp3) is 0.846. The van der Waals surface area contributed by atoms with Crippen LogP contribution in [0.4, 0.5) is 4.79 Å². The summed E-state index contributed by atoms with van der Waals surface area (Å²) in [6.45, 7) is 7.35. The maximum Gasteiger partial charge on any atom is 0.410 e. The number of hydrogen-bond acceptors (Lipinski definition) is 4. The van der Waals surface area contributed by atoms with E-state index < -0.39 is 11.6 Å². The molecule has 112 valence electrons. The van der Waals surface area contributed by atoms with Crippen molar-refractivity contribution in [1.29, 1.82) is 0 Å². The Hall–Kier alpha value is -1.30. The average molecular weight is 274 g/mol. The van der Waals surface area contributed by atoms with Crippen molar-refractivity contribution >= 4 is 12.1 Å². The van der Waals surface area contributed by atoms with Gasteiger partial charge in [-0.15, -0.1) is 0 Å². The predicted octanol–water partition coefficient (Wildman–Crippen LogP) is 1.65. The van der Waals surface area contributed by atoms with Crippen LogP contribution >= 0.6 is 0 Å².